The molecule has 0 radical (unpaired) electrons. The second-order valence-electron chi connectivity index (χ2n) is 6.16. The van der Waals surface area contributed by atoms with Crippen molar-refractivity contribution in [2.24, 2.45) is 0 Å². The van der Waals surface area contributed by atoms with Crippen molar-refractivity contribution in [2.75, 3.05) is 0 Å². The maximum Gasteiger partial charge on any atom is 0.291 e. The molecule has 0 spiro atoms. The number of aryl methyl sites for hydroxylation is 1. The number of hydrazine groups is 1. The molecule has 2 heterocycles. The lowest BCUT2D eigenvalue weighted by Gasteiger charge is -2.05. The molecule has 0 saturated heterocycles. The highest BCUT2D eigenvalue weighted by Gasteiger charge is 2.21. The van der Waals surface area contributed by atoms with Crippen molar-refractivity contribution < 1.29 is 9.59 Å². The van der Waals surface area contributed by atoms with Gasteiger partial charge < -0.3 is 0 Å². The van der Waals surface area contributed by atoms with E-state index >= 15 is 0 Å². The Morgan fingerprint density at radius 3 is 2.44 bits per heavy atom. The van der Waals surface area contributed by atoms with Gasteiger partial charge in [-0.25, -0.2) is 4.98 Å². The van der Waals surface area contributed by atoms with Crippen LogP contribution in [-0.4, -0.2) is 27.0 Å². The summed E-state index contributed by atoms with van der Waals surface area (Å²) in [4.78, 5) is 29.6. The van der Waals surface area contributed by atoms with Gasteiger partial charge >= 0.3 is 0 Å². The molecule has 3 aromatic rings. The molecule has 7 nitrogen and oxygen atoms in total. The maximum atomic E-state index is 12.4. The average molecular weight is 448 g/mol. The molecule has 27 heavy (non-hydrogen) atoms. The van der Waals surface area contributed by atoms with Crippen LogP contribution in [0.15, 0.2) is 34.8 Å². The Labute approximate surface area is 168 Å². The van der Waals surface area contributed by atoms with Gasteiger partial charge in [-0.15, -0.1) is 11.3 Å². The zero-order valence-corrected chi connectivity index (χ0v) is 17.4. The lowest BCUT2D eigenvalue weighted by Crippen LogP contribution is -2.41. The Kier molecular flexibility index (Phi) is 5.71. The van der Waals surface area contributed by atoms with Gasteiger partial charge in [0.15, 0.2) is 5.69 Å². The highest BCUT2D eigenvalue weighted by molar-refractivity contribution is 9.10. The van der Waals surface area contributed by atoms with Crippen LogP contribution >= 0.6 is 27.3 Å². The molecule has 0 unspecified atom stereocenters. The highest BCUT2D eigenvalue weighted by Crippen LogP contribution is 2.28. The Bertz CT molecular complexity index is 981. The minimum atomic E-state index is -0.510. The molecule has 0 bridgehead atoms. The SMILES string of the molecule is Cc1nc(-c2ccccc2)sc1C(=O)NNC(=O)c1n[nH]c(C(C)C)c1Br. The first kappa shape index (κ1) is 19.2. The molecule has 0 aliphatic carbocycles. The number of nitrogens with zero attached hydrogens (tertiary/aromatic N) is 2. The molecular weight excluding hydrogens is 430 g/mol. The number of thiazole rings is 1. The molecule has 3 rings (SSSR count). The summed E-state index contributed by atoms with van der Waals surface area (Å²) < 4.78 is 0.588. The number of benzene rings is 1. The fraction of sp³-hybridized carbons (Fsp3) is 0.222. The molecule has 0 fully saturated rings. The van der Waals surface area contributed by atoms with Crippen LogP contribution in [0.1, 0.15) is 51.3 Å². The quantitative estimate of drug-likeness (QED) is 0.529. The second kappa shape index (κ2) is 8.01. The van der Waals surface area contributed by atoms with Crippen molar-refractivity contribution in [1.29, 1.82) is 0 Å². The summed E-state index contributed by atoms with van der Waals surface area (Å²) in [7, 11) is 0. The second-order valence-corrected chi connectivity index (χ2v) is 7.95. The summed E-state index contributed by atoms with van der Waals surface area (Å²) in [6.45, 7) is 5.73. The van der Waals surface area contributed by atoms with Crippen LogP contribution in [0.4, 0.5) is 0 Å². The van der Waals surface area contributed by atoms with Gasteiger partial charge in [0.05, 0.1) is 15.9 Å². The van der Waals surface area contributed by atoms with E-state index in [1.54, 1.807) is 6.92 Å². The molecule has 0 aliphatic heterocycles. The van der Waals surface area contributed by atoms with E-state index in [-0.39, 0.29) is 11.6 Å². The van der Waals surface area contributed by atoms with Crippen molar-refractivity contribution in [3.8, 4) is 10.6 Å². The first-order chi connectivity index (χ1) is 12.9. The lowest BCUT2D eigenvalue weighted by molar-refractivity contribution is 0.0845. The van der Waals surface area contributed by atoms with Gasteiger partial charge in [0.1, 0.15) is 9.88 Å². The fourth-order valence-corrected chi connectivity index (χ4v) is 4.20. The van der Waals surface area contributed by atoms with E-state index < -0.39 is 11.8 Å². The zero-order chi connectivity index (χ0) is 19.6. The Balaban J connectivity index is 1.69. The first-order valence-corrected chi connectivity index (χ1v) is 9.86. The fourth-order valence-electron chi connectivity index (χ4n) is 2.42. The molecule has 140 valence electrons. The summed E-state index contributed by atoms with van der Waals surface area (Å²) in [6, 6.07) is 9.62. The van der Waals surface area contributed by atoms with E-state index in [1.165, 1.54) is 11.3 Å². The van der Waals surface area contributed by atoms with Crippen molar-refractivity contribution >= 4 is 39.1 Å². The molecule has 2 aromatic heterocycles. The number of carbonyl (C=O) groups is 2. The van der Waals surface area contributed by atoms with Gasteiger partial charge in [-0.3, -0.25) is 25.5 Å². The first-order valence-electron chi connectivity index (χ1n) is 8.25. The smallest absolute Gasteiger partial charge is 0.280 e. The van der Waals surface area contributed by atoms with E-state index in [4.69, 9.17) is 0 Å². The standard InChI is InChI=1S/C18H18BrN5O2S/c1-9(2)13-12(19)14(22-21-13)16(25)23-24-17(26)15-10(3)20-18(27-15)11-7-5-4-6-8-11/h4-9H,1-3H3,(H,21,22)(H,23,25)(H,24,26). The summed E-state index contributed by atoms with van der Waals surface area (Å²) in [5.41, 5.74) is 7.37. The van der Waals surface area contributed by atoms with E-state index in [0.717, 1.165) is 16.3 Å². The van der Waals surface area contributed by atoms with Gasteiger partial charge in [-0.2, -0.15) is 5.10 Å². The van der Waals surface area contributed by atoms with E-state index in [0.29, 0.717) is 15.0 Å². The number of H-pyrrole nitrogens is 1. The largest absolute Gasteiger partial charge is 0.291 e. The van der Waals surface area contributed by atoms with Crippen LogP contribution in [0, 0.1) is 6.92 Å². The predicted octanol–water partition coefficient (Wildman–Crippen LogP) is 3.80. The van der Waals surface area contributed by atoms with Gasteiger partial charge in [0.2, 0.25) is 0 Å². The molecular formula is C18H18BrN5O2S. The minimum absolute atomic E-state index is 0.180. The number of rotatable bonds is 4. The van der Waals surface area contributed by atoms with Crippen molar-refractivity contribution in [1.82, 2.24) is 26.0 Å². The monoisotopic (exact) mass is 447 g/mol. The topological polar surface area (TPSA) is 99.8 Å². The third-order valence-electron chi connectivity index (χ3n) is 3.84. The number of hydrogen-bond acceptors (Lipinski definition) is 5. The van der Waals surface area contributed by atoms with Gasteiger partial charge in [0.25, 0.3) is 11.8 Å². The molecule has 2 amide bonds. The Morgan fingerprint density at radius 1 is 1.15 bits per heavy atom. The lowest BCUT2D eigenvalue weighted by atomic mass is 10.1. The van der Waals surface area contributed by atoms with Gasteiger partial charge in [0, 0.05) is 5.56 Å². The highest BCUT2D eigenvalue weighted by atomic mass is 79.9. The average Bonchev–Trinajstić information content (AvgIpc) is 3.23. The van der Waals surface area contributed by atoms with Crippen molar-refractivity contribution in [3.05, 3.63) is 56.8 Å². The minimum Gasteiger partial charge on any atom is -0.280 e. The third kappa shape index (κ3) is 4.09. The molecule has 3 N–H and O–H groups in total. The molecule has 0 aliphatic rings. The number of aromatic nitrogens is 3. The van der Waals surface area contributed by atoms with Crippen molar-refractivity contribution in [3.63, 3.8) is 0 Å². The van der Waals surface area contributed by atoms with Crippen LogP contribution in [0.3, 0.4) is 0 Å². The number of hydrogen-bond donors (Lipinski definition) is 3. The number of halogens is 1. The number of aromatic amines is 1. The van der Waals surface area contributed by atoms with Crippen LogP contribution in [0.5, 0.6) is 0 Å². The summed E-state index contributed by atoms with van der Waals surface area (Å²) in [5.74, 6) is -0.751. The normalized spacial score (nSPS) is 10.9. The summed E-state index contributed by atoms with van der Waals surface area (Å²) >= 11 is 4.64. The van der Waals surface area contributed by atoms with E-state index in [1.807, 2.05) is 44.2 Å². The molecule has 9 heteroatoms. The van der Waals surface area contributed by atoms with Gasteiger partial charge in [-0.05, 0) is 28.8 Å². The molecule has 0 saturated carbocycles. The van der Waals surface area contributed by atoms with Crippen LogP contribution in [0.2, 0.25) is 0 Å². The maximum absolute atomic E-state index is 12.4. The molecule has 0 atom stereocenters. The van der Waals surface area contributed by atoms with Gasteiger partial charge in [-0.1, -0.05) is 44.2 Å². The third-order valence-corrected chi connectivity index (χ3v) is 5.85. The van der Waals surface area contributed by atoms with Crippen LogP contribution in [0.25, 0.3) is 10.6 Å². The zero-order valence-electron chi connectivity index (χ0n) is 15.0. The van der Waals surface area contributed by atoms with E-state index in [2.05, 4.69) is 42.0 Å². The summed E-state index contributed by atoms with van der Waals surface area (Å²) in [5, 5.41) is 7.58. The number of amides is 2. The van der Waals surface area contributed by atoms with E-state index in [9.17, 15) is 9.59 Å². The summed E-state index contributed by atoms with van der Waals surface area (Å²) in [6.07, 6.45) is 0. The van der Waals surface area contributed by atoms with Crippen molar-refractivity contribution in [2.45, 2.75) is 26.7 Å². The Hall–Kier alpha value is -2.52. The van der Waals surface area contributed by atoms with Crippen LogP contribution < -0.4 is 10.9 Å². The number of carbonyl (C=O) groups excluding carboxylic acids is 2. The predicted molar refractivity (Wildman–Crippen MR) is 108 cm³/mol. The molecule has 1 aromatic carbocycles. The number of nitrogens with one attached hydrogen (secondary N) is 3. The Morgan fingerprint density at radius 2 is 1.81 bits per heavy atom. The van der Waals surface area contributed by atoms with Crippen LogP contribution in [-0.2, 0) is 0 Å².